The van der Waals surface area contributed by atoms with Crippen molar-refractivity contribution in [2.75, 3.05) is 0 Å². The van der Waals surface area contributed by atoms with E-state index < -0.39 is 11.5 Å². The topological polar surface area (TPSA) is 63.6 Å². The summed E-state index contributed by atoms with van der Waals surface area (Å²) in [7, 11) is 0. The van der Waals surface area contributed by atoms with Crippen LogP contribution in [0, 0.1) is 5.92 Å². The zero-order valence-electron chi connectivity index (χ0n) is 13.2. The quantitative estimate of drug-likeness (QED) is 0.817. The van der Waals surface area contributed by atoms with Crippen LogP contribution in [0.5, 0.6) is 5.75 Å². The van der Waals surface area contributed by atoms with E-state index in [2.05, 4.69) is 0 Å². The third kappa shape index (κ3) is 6.43. The second-order valence-electron chi connectivity index (χ2n) is 6.20. The van der Waals surface area contributed by atoms with Crippen LogP contribution >= 0.6 is 0 Å². The summed E-state index contributed by atoms with van der Waals surface area (Å²) in [6.45, 7) is 7.22. The van der Waals surface area contributed by atoms with Gasteiger partial charge < -0.3 is 9.84 Å². The molecule has 0 aromatic heterocycles. The Bertz CT molecular complexity index is 483. The second-order valence-corrected chi connectivity index (χ2v) is 6.20. The van der Waals surface area contributed by atoms with Gasteiger partial charge in [-0.15, -0.1) is 0 Å². The van der Waals surface area contributed by atoms with Crippen LogP contribution in [0.1, 0.15) is 46.1 Å². The van der Waals surface area contributed by atoms with Gasteiger partial charge in [0.1, 0.15) is 17.1 Å². The van der Waals surface area contributed by atoms with Gasteiger partial charge >= 0.3 is 5.97 Å². The molecule has 0 fully saturated rings. The summed E-state index contributed by atoms with van der Waals surface area (Å²) < 4.78 is 5.40. The van der Waals surface area contributed by atoms with Crippen molar-refractivity contribution in [3.63, 3.8) is 0 Å². The Morgan fingerprint density at radius 3 is 2.24 bits per heavy atom. The lowest BCUT2D eigenvalue weighted by Gasteiger charge is -2.23. The molecule has 0 saturated carbocycles. The Hall–Kier alpha value is -1.84. The highest BCUT2D eigenvalue weighted by molar-refractivity contribution is 5.84. The van der Waals surface area contributed by atoms with Crippen molar-refractivity contribution < 1.29 is 19.4 Å². The summed E-state index contributed by atoms with van der Waals surface area (Å²) in [4.78, 5) is 23.9. The van der Waals surface area contributed by atoms with Crippen LogP contribution < -0.4 is 0 Å². The number of Topliss-reactive ketones (excluding diaryl/α,β-unsaturated/α-hetero) is 1. The molecule has 0 aliphatic heterocycles. The van der Waals surface area contributed by atoms with E-state index in [1.165, 1.54) is 0 Å². The molecule has 1 atom stereocenters. The van der Waals surface area contributed by atoms with Crippen LogP contribution in [-0.2, 0) is 20.7 Å². The van der Waals surface area contributed by atoms with Crippen molar-refractivity contribution in [3.8, 4) is 5.75 Å². The zero-order valence-corrected chi connectivity index (χ0v) is 13.2. The summed E-state index contributed by atoms with van der Waals surface area (Å²) >= 11 is 0. The smallest absolute Gasteiger partial charge is 0.310 e. The molecule has 0 radical (unpaired) electrons. The van der Waals surface area contributed by atoms with Gasteiger partial charge in [0.15, 0.2) is 0 Å². The first kappa shape index (κ1) is 17.2. The lowest BCUT2D eigenvalue weighted by Crippen LogP contribution is -2.31. The number of carbonyl (C=O) groups excluding carboxylic acids is 2. The van der Waals surface area contributed by atoms with E-state index in [1.54, 1.807) is 31.2 Å². The predicted octanol–water partition coefficient (Wildman–Crippen LogP) is 3.26. The molecule has 0 aliphatic carbocycles. The lowest BCUT2D eigenvalue weighted by atomic mass is 9.93. The molecule has 1 aromatic rings. The third-order valence-corrected chi connectivity index (χ3v) is 3.03. The molecule has 21 heavy (non-hydrogen) atoms. The van der Waals surface area contributed by atoms with Crippen LogP contribution in [0.3, 0.4) is 0 Å². The van der Waals surface area contributed by atoms with Gasteiger partial charge in [-0.1, -0.05) is 19.1 Å². The molecule has 1 rings (SSSR count). The molecule has 1 N–H and O–H groups in total. The number of ketones is 1. The van der Waals surface area contributed by atoms with E-state index in [4.69, 9.17) is 4.74 Å². The minimum absolute atomic E-state index is 0.0460. The Balaban J connectivity index is 2.83. The number of hydrogen-bond donors (Lipinski definition) is 1. The predicted molar refractivity (Wildman–Crippen MR) is 81.1 cm³/mol. The molecule has 0 bridgehead atoms. The SMILES string of the molecule is CCC(=O)C[C@@H](Cc1ccc(O)cc1)C(=O)OC(C)(C)C. The maximum Gasteiger partial charge on any atom is 0.310 e. The third-order valence-electron chi connectivity index (χ3n) is 3.03. The van der Waals surface area contributed by atoms with Gasteiger partial charge in [-0.3, -0.25) is 9.59 Å². The number of phenolic OH excluding ortho intramolecular Hbond substituents is 1. The first-order chi connectivity index (χ1) is 9.71. The van der Waals surface area contributed by atoms with Gasteiger partial charge in [-0.25, -0.2) is 0 Å². The standard InChI is InChI=1S/C17H24O4/c1-5-14(18)11-13(16(20)21-17(2,3)4)10-12-6-8-15(19)9-7-12/h6-9,13,19H,5,10-11H2,1-4H3/t13-/m1/s1. The molecule has 0 spiro atoms. The molecular formula is C17H24O4. The minimum Gasteiger partial charge on any atom is -0.508 e. The van der Waals surface area contributed by atoms with Crippen LogP contribution in [0.25, 0.3) is 0 Å². The monoisotopic (exact) mass is 292 g/mol. The fourth-order valence-electron chi connectivity index (χ4n) is 1.96. The van der Waals surface area contributed by atoms with Gasteiger partial charge in [0, 0.05) is 12.8 Å². The number of benzene rings is 1. The van der Waals surface area contributed by atoms with Crippen molar-refractivity contribution in [2.24, 2.45) is 5.92 Å². The van der Waals surface area contributed by atoms with Gasteiger partial charge in [-0.2, -0.15) is 0 Å². The second kappa shape index (κ2) is 7.25. The number of phenols is 1. The highest BCUT2D eigenvalue weighted by Crippen LogP contribution is 2.20. The molecule has 116 valence electrons. The molecule has 4 nitrogen and oxygen atoms in total. The first-order valence-electron chi connectivity index (χ1n) is 7.23. The summed E-state index contributed by atoms with van der Waals surface area (Å²) in [5.41, 5.74) is 0.326. The van der Waals surface area contributed by atoms with Crippen LogP contribution in [0.4, 0.5) is 0 Å². The average Bonchev–Trinajstić information content (AvgIpc) is 2.38. The number of carbonyl (C=O) groups is 2. The number of rotatable bonds is 6. The van der Waals surface area contributed by atoms with E-state index in [1.807, 2.05) is 20.8 Å². The highest BCUT2D eigenvalue weighted by Gasteiger charge is 2.27. The number of hydrogen-bond acceptors (Lipinski definition) is 4. The summed E-state index contributed by atoms with van der Waals surface area (Å²) in [6.07, 6.45) is 1.03. The van der Waals surface area contributed by atoms with Crippen molar-refractivity contribution in [1.29, 1.82) is 0 Å². The van der Waals surface area contributed by atoms with Crippen molar-refractivity contribution >= 4 is 11.8 Å². The van der Waals surface area contributed by atoms with E-state index in [0.29, 0.717) is 12.8 Å². The van der Waals surface area contributed by atoms with Gasteiger partial charge in [0.05, 0.1) is 5.92 Å². The van der Waals surface area contributed by atoms with Crippen molar-refractivity contribution in [1.82, 2.24) is 0 Å². The normalized spacial score (nSPS) is 12.8. The number of esters is 1. The fourth-order valence-corrected chi connectivity index (χ4v) is 1.96. The zero-order chi connectivity index (χ0) is 16.0. The maximum absolute atomic E-state index is 12.3. The van der Waals surface area contributed by atoms with Crippen LogP contribution in [0.2, 0.25) is 0 Å². The van der Waals surface area contributed by atoms with E-state index in [-0.39, 0.29) is 23.9 Å². The molecule has 4 heteroatoms. The number of aromatic hydroxyl groups is 1. The first-order valence-corrected chi connectivity index (χ1v) is 7.23. The molecule has 1 aromatic carbocycles. The van der Waals surface area contributed by atoms with E-state index in [0.717, 1.165) is 5.56 Å². The fraction of sp³-hybridized carbons (Fsp3) is 0.529. The summed E-state index contributed by atoms with van der Waals surface area (Å²) in [5, 5.41) is 9.29. The highest BCUT2D eigenvalue weighted by atomic mass is 16.6. The van der Waals surface area contributed by atoms with Crippen molar-refractivity contribution in [3.05, 3.63) is 29.8 Å². The summed E-state index contributed by atoms with van der Waals surface area (Å²) in [6, 6.07) is 6.65. The molecule has 0 amide bonds. The molecule has 0 unspecified atom stereocenters. The maximum atomic E-state index is 12.3. The van der Waals surface area contributed by atoms with Gasteiger partial charge in [-0.05, 0) is 44.9 Å². The molecule has 0 aliphatic rings. The van der Waals surface area contributed by atoms with E-state index >= 15 is 0 Å². The Labute approximate surface area is 126 Å². The van der Waals surface area contributed by atoms with Gasteiger partial charge in [0.25, 0.3) is 0 Å². The number of ether oxygens (including phenoxy) is 1. The molecular weight excluding hydrogens is 268 g/mol. The van der Waals surface area contributed by atoms with Gasteiger partial charge in [0.2, 0.25) is 0 Å². The van der Waals surface area contributed by atoms with E-state index in [9.17, 15) is 14.7 Å². The largest absolute Gasteiger partial charge is 0.508 e. The summed E-state index contributed by atoms with van der Waals surface area (Å²) in [5.74, 6) is -0.611. The lowest BCUT2D eigenvalue weighted by molar-refractivity contribution is -0.161. The molecule has 0 saturated heterocycles. The van der Waals surface area contributed by atoms with Crippen LogP contribution in [-0.4, -0.2) is 22.5 Å². The Morgan fingerprint density at radius 1 is 1.19 bits per heavy atom. The minimum atomic E-state index is -0.570. The average molecular weight is 292 g/mol. The Kier molecular flexibility index (Phi) is 5.94. The van der Waals surface area contributed by atoms with Crippen LogP contribution in [0.15, 0.2) is 24.3 Å². The van der Waals surface area contributed by atoms with Crippen molar-refractivity contribution in [2.45, 2.75) is 52.6 Å². The Morgan fingerprint density at radius 2 is 1.76 bits per heavy atom. The molecule has 0 heterocycles.